The van der Waals surface area contributed by atoms with Gasteiger partial charge in [-0.25, -0.2) is 0 Å². The first kappa shape index (κ1) is 17.4. The minimum absolute atomic E-state index is 0.168. The van der Waals surface area contributed by atoms with Gasteiger partial charge in [-0.05, 0) is 28.1 Å². The van der Waals surface area contributed by atoms with E-state index >= 15 is 0 Å². The summed E-state index contributed by atoms with van der Waals surface area (Å²) in [5, 5.41) is 22.6. The van der Waals surface area contributed by atoms with Crippen LogP contribution >= 0.6 is 27.3 Å². The lowest BCUT2D eigenvalue weighted by atomic mass is 10.1. The molecule has 3 heterocycles. The fraction of sp³-hybridized carbons (Fsp3) is 0.375. The Labute approximate surface area is 161 Å². The first-order valence-corrected chi connectivity index (χ1v) is 9.77. The highest BCUT2D eigenvalue weighted by Crippen LogP contribution is 2.31. The summed E-state index contributed by atoms with van der Waals surface area (Å²) in [6, 6.07) is 7.89. The first-order valence-electron chi connectivity index (χ1n) is 8.16. The number of halogens is 1. The van der Waals surface area contributed by atoms with E-state index in [4.69, 9.17) is 14.4 Å². The summed E-state index contributed by atoms with van der Waals surface area (Å²) in [5.41, 5.74) is 0. The monoisotopic (exact) mass is 437 g/mol. The van der Waals surface area contributed by atoms with Crippen LogP contribution in [0, 0.1) is 0 Å². The van der Waals surface area contributed by atoms with Gasteiger partial charge in [0.2, 0.25) is 11.0 Å². The molecule has 10 heteroatoms. The van der Waals surface area contributed by atoms with Crippen LogP contribution in [0.5, 0.6) is 5.75 Å². The van der Waals surface area contributed by atoms with E-state index in [9.17, 15) is 0 Å². The second kappa shape index (κ2) is 7.68. The lowest BCUT2D eigenvalue weighted by Crippen LogP contribution is -2.38. The smallest absolute Gasteiger partial charge is 0.252 e. The molecule has 1 aliphatic heterocycles. The van der Waals surface area contributed by atoms with E-state index in [0.717, 1.165) is 41.3 Å². The van der Waals surface area contributed by atoms with Gasteiger partial charge >= 0.3 is 0 Å². The quantitative estimate of drug-likeness (QED) is 0.650. The van der Waals surface area contributed by atoms with Crippen LogP contribution in [0.25, 0.3) is 10.8 Å². The lowest BCUT2D eigenvalue weighted by Gasteiger charge is -2.31. The molecule has 0 atom stereocenters. The number of nitrogens with zero attached hydrogens (tertiary/aromatic N) is 5. The number of aliphatic hydroxyl groups is 1. The third kappa shape index (κ3) is 3.71. The molecular weight excluding hydrogens is 422 g/mol. The van der Waals surface area contributed by atoms with Crippen molar-refractivity contribution in [3.8, 4) is 16.6 Å². The minimum atomic E-state index is -0.288. The van der Waals surface area contributed by atoms with E-state index in [0.29, 0.717) is 10.8 Å². The first-order chi connectivity index (χ1) is 12.7. The molecule has 1 saturated heterocycles. The zero-order valence-corrected chi connectivity index (χ0v) is 16.1. The number of anilines is 1. The number of hydrogen-bond acceptors (Lipinski definition) is 9. The SMILES string of the molecule is OCc1nc(-c2nnc(N3CCC(Oc4ccccc4Br)CC3)s2)no1. The van der Waals surface area contributed by atoms with Gasteiger partial charge in [0.25, 0.3) is 5.89 Å². The Hall–Kier alpha value is -2.04. The van der Waals surface area contributed by atoms with Gasteiger partial charge in [0.15, 0.2) is 5.01 Å². The summed E-state index contributed by atoms with van der Waals surface area (Å²) < 4.78 is 12.0. The third-order valence-electron chi connectivity index (χ3n) is 4.05. The van der Waals surface area contributed by atoms with Crippen molar-refractivity contribution in [3.63, 3.8) is 0 Å². The molecule has 0 aliphatic carbocycles. The summed E-state index contributed by atoms with van der Waals surface area (Å²) in [5.74, 6) is 1.40. The van der Waals surface area contributed by atoms with E-state index < -0.39 is 0 Å². The highest BCUT2D eigenvalue weighted by molar-refractivity contribution is 9.10. The molecule has 0 bridgehead atoms. The number of hydrogen-bond donors (Lipinski definition) is 1. The topological polar surface area (TPSA) is 97.4 Å². The van der Waals surface area contributed by atoms with Crippen LogP contribution in [0.3, 0.4) is 0 Å². The summed E-state index contributed by atoms with van der Waals surface area (Å²) >= 11 is 4.93. The van der Waals surface area contributed by atoms with Crippen LogP contribution < -0.4 is 9.64 Å². The van der Waals surface area contributed by atoms with Gasteiger partial charge in [-0.15, -0.1) is 10.2 Å². The van der Waals surface area contributed by atoms with Gasteiger partial charge in [0, 0.05) is 25.9 Å². The summed E-state index contributed by atoms with van der Waals surface area (Å²) in [6.07, 6.45) is 2.00. The van der Waals surface area contributed by atoms with Crippen LogP contribution in [0.15, 0.2) is 33.3 Å². The summed E-state index contributed by atoms with van der Waals surface area (Å²) in [6.45, 7) is 1.40. The Bertz CT molecular complexity index is 878. The van der Waals surface area contributed by atoms with E-state index in [2.05, 4.69) is 41.2 Å². The maximum absolute atomic E-state index is 9.00. The number of para-hydroxylation sites is 1. The van der Waals surface area contributed by atoms with Crippen LogP contribution in [0.4, 0.5) is 5.13 Å². The van der Waals surface area contributed by atoms with E-state index in [1.807, 2.05) is 24.3 Å². The maximum atomic E-state index is 9.00. The second-order valence-corrected chi connectivity index (χ2v) is 7.60. The van der Waals surface area contributed by atoms with Crippen molar-refractivity contribution in [2.75, 3.05) is 18.0 Å². The predicted octanol–water partition coefficient (Wildman–Crippen LogP) is 2.89. The number of piperidine rings is 1. The average Bonchev–Trinajstić information content (AvgIpc) is 3.33. The number of aromatic nitrogens is 4. The molecule has 4 rings (SSSR count). The van der Waals surface area contributed by atoms with Gasteiger partial charge in [0.05, 0.1) is 4.47 Å². The molecule has 0 saturated carbocycles. The standard InChI is InChI=1S/C16H16BrN5O3S/c17-11-3-1-2-4-12(11)24-10-5-7-22(8-6-10)16-20-19-15(26-16)14-18-13(9-23)25-21-14/h1-4,10,23H,5-9H2. The molecule has 3 aromatic rings. The normalized spacial score (nSPS) is 15.4. The van der Waals surface area contributed by atoms with Gasteiger partial charge in [-0.3, -0.25) is 0 Å². The number of ether oxygens (including phenoxy) is 1. The Morgan fingerprint density at radius 1 is 1.27 bits per heavy atom. The third-order valence-corrected chi connectivity index (χ3v) is 5.69. The molecule has 1 N–H and O–H groups in total. The molecule has 136 valence electrons. The van der Waals surface area contributed by atoms with Crippen molar-refractivity contribution in [1.82, 2.24) is 20.3 Å². The Morgan fingerprint density at radius 3 is 2.81 bits per heavy atom. The predicted molar refractivity (Wildman–Crippen MR) is 99.1 cm³/mol. The van der Waals surface area contributed by atoms with Gasteiger partial charge in [-0.2, -0.15) is 4.98 Å². The summed E-state index contributed by atoms with van der Waals surface area (Å²) in [7, 11) is 0. The zero-order valence-electron chi connectivity index (χ0n) is 13.7. The van der Waals surface area contributed by atoms with Crippen molar-refractivity contribution in [2.45, 2.75) is 25.6 Å². The zero-order chi connectivity index (χ0) is 17.9. The molecule has 1 fully saturated rings. The van der Waals surface area contributed by atoms with Crippen LogP contribution in [-0.4, -0.2) is 44.6 Å². The fourth-order valence-electron chi connectivity index (χ4n) is 2.72. The van der Waals surface area contributed by atoms with Crippen molar-refractivity contribution < 1.29 is 14.4 Å². The van der Waals surface area contributed by atoms with Gasteiger partial charge < -0.3 is 19.3 Å². The highest BCUT2D eigenvalue weighted by atomic mass is 79.9. The minimum Gasteiger partial charge on any atom is -0.489 e. The highest BCUT2D eigenvalue weighted by Gasteiger charge is 2.24. The van der Waals surface area contributed by atoms with Crippen LogP contribution in [0.2, 0.25) is 0 Å². The molecule has 0 amide bonds. The van der Waals surface area contributed by atoms with Crippen molar-refractivity contribution in [1.29, 1.82) is 0 Å². The lowest BCUT2D eigenvalue weighted by molar-refractivity contribution is 0.170. The van der Waals surface area contributed by atoms with Gasteiger partial charge in [0.1, 0.15) is 18.5 Å². The van der Waals surface area contributed by atoms with Crippen LogP contribution in [-0.2, 0) is 6.61 Å². The number of benzene rings is 1. The molecular formula is C16H16BrN5O3S. The van der Waals surface area contributed by atoms with E-state index in [1.54, 1.807) is 0 Å². The second-order valence-electron chi connectivity index (χ2n) is 5.79. The van der Waals surface area contributed by atoms with Crippen molar-refractivity contribution in [2.24, 2.45) is 0 Å². The largest absolute Gasteiger partial charge is 0.489 e. The molecule has 0 spiro atoms. The molecule has 0 unspecified atom stereocenters. The molecule has 2 aromatic heterocycles. The van der Waals surface area contributed by atoms with E-state index in [1.165, 1.54) is 11.3 Å². The number of rotatable bonds is 5. The molecule has 26 heavy (non-hydrogen) atoms. The molecule has 1 aliphatic rings. The van der Waals surface area contributed by atoms with Crippen molar-refractivity contribution >= 4 is 32.4 Å². The summed E-state index contributed by atoms with van der Waals surface area (Å²) in [4.78, 5) is 6.25. The molecule has 1 aromatic carbocycles. The fourth-order valence-corrected chi connectivity index (χ4v) is 3.92. The molecule has 0 radical (unpaired) electrons. The molecule has 8 nitrogen and oxygen atoms in total. The Morgan fingerprint density at radius 2 is 2.08 bits per heavy atom. The van der Waals surface area contributed by atoms with E-state index in [-0.39, 0.29) is 18.6 Å². The Balaban J connectivity index is 1.37. The van der Waals surface area contributed by atoms with Crippen LogP contribution in [0.1, 0.15) is 18.7 Å². The van der Waals surface area contributed by atoms with Gasteiger partial charge in [-0.1, -0.05) is 28.6 Å². The average molecular weight is 438 g/mol. The Kier molecular flexibility index (Phi) is 5.14. The van der Waals surface area contributed by atoms with Crippen molar-refractivity contribution in [3.05, 3.63) is 34.6 Å². The maximum Gasteiger partial charge on any atom is 0.252 e. The number of aliphatic hydroxyl groups excluding tert-OH is 1.